The zero-order valence-electron chi connectivity index (χ0n) is 15.3. The second-order valence-corrected chi connectivity index (χ2v) is 7.59. The average Bonchev–Trinajstić information content (AvgIpc) is 3.06. The molecule has 1 aliphatic heterocycles. The molecular formula is C19H20Cl2N6O. The summed E-state index contributed by atoms with van der Waals surface area (Å²) in [5.41, 5.74) is 1.70. The Morgan fingerprint density at radius 3 is 2.36 bits per heavy atom. The number of halogens is 2. The highest BCUT2D eigenvalue weighted by Gasteiger charge is 2.16. The van der Waals surface area contributed by atoms with E-state index >= 15 is 0 Å². The van der Waals surface area contributed by atoms with E-state index in [-0.39, 0.29) is 0 Å². The molecule has 4 rings (SSSR count). The summed E-state index contributed by atoms with van der Waals surface area (Å²) in [5.74, 6) is 2.56. The Morgan fingerprint density at radius 1 is 0.964 bits per heavy atom. The lowest BCUT2D eigenvalue weighted by Crippen LogP contribution is -2.28. The van der Waals surface area contributed by atoms with E-state index in [9.17, 15) is 0 Å². The van der Waals surface area contributed by atoms with E-state index in [0.29, 0.717) is 33.5 Å². The van der Waals surface area contributed by atoms with Gasteiger partial charge in [-0.3, -0.25) is 5.10 Å². The first-order chi connectivity index (χ1) is 13.5. The van der Waals surface area contributed by atoms with E-state index in [1.807, 2.05) is 19.1 Å². The van der Waals surface area contributed by atoms with Crippen LogP contribution in [0, 0.1) is 6.92 Å². The first kappa shape index (κ1) is 19.0. The van der Waals surface area contributed by atoms with Gasteiger partial charge in [-0.05, 0) is 38.0 Å². The number of aromatic amines is 1. The quantitative estimate of drug-likeness (QED) is 0.550. The summed E-state index contributed by atoms with van der Waals surface area (Å²) in [5, 5.41) is 14.9. The molecule has 1 aliphatic rings. The second kappa shape index (κ2) is 8.34. The van der Waals surface area contributed by atoms with E-state index in [0.717, 1.165) is 43.1 Å². The highest BCUT2D eigenvalue weighted by molar-refractivity contribution is 6.35. The molecule has 0 unspecified atom stereocenters. The Morgan fingerprint density at radius 2 is 1.68 bits per heavy atom. The summed E-state index contributed by atoms with van der Waals surface area (Å²) < 4.78 is 5.44. The largest absolute Gasteiger partial charge is 0.381 e. The van der Waals surface area contributed by atoms with Gasteiger partial charge in [0.25, 0.3) is 0 Å². The number of benzene rings is 1. The summed E-state index contributed by atoms with van der Waals surface area (Å²) in [4.78, 5) is 9.30. The van der Waals surface area contributed by atoms with Crippen LogP contribution in [0.3, 0.4) is 0 Å². The molecule has 0 spiro atoms. The normalized spacial score (nSPS) is 14.8. The number of H-pyrrole nitrogens is 1. The standard InChI is InChI=1S/C19H20Cl2N6O/c1-11-6-18(27-26-11)23-17-10-16(22-15-2-4-28-5-3-15)24-19(25-17)12-7-13(20)9-14(21)8-12/h6-10,15H,2-5H2,1H3,(H3,22,23,24,25,26,27). The number of hydrogen-bond donors (Lipinski definition) is 3. The predicted molar refractivity (Wildman–Crippen MR) is 112 cm³/mol. The van der Waals surface area contributed by atoms with Gasteiger partial charge in [0.2, 0.25) is 0 Å². The van der Waals surface area contributed by atoms with Gasteiger partial charge >= 0.3 is 0 Å². The van der Waals surface area contributed by atoms with Crippen LogP contribution in [0.4, 0.5) is 17.5 Å². The molecule has 0 atom stereocenters. The summed E-state index contributed by atoms with van der Waals surface area (Å²) in [7, 11) is 0. The van der Waals surface area contributed by atoms with Gasteiger partial charge < -0.3 is 15.4 Å². The third-order valence-electron chi connectivity index (χ3n) is 4.38. The molecule has 0 amide bonds. The van der Waals surface area contributed by atoms with E-state index in [4.69, 9.17) is 27.9 Å². The van der Waals surface area contributed by atoms with Crippen molar-refractivity contribution in [1.29, 1.82) is 0 Å². The minimum absolute atomic E-state index is 0.305. The lowest BCUT2D eigenvalue weighted by Gasteiger charge is -2.24. The Bertz CT molecular complexity index is 951. The third-order valence-corrected chi connectivity index (χ3v) is 4.82. The van der Waals surface area contributed by atoms with Gasteiger partial charge in [-0.2, -0.15) is 5.10 Å². The molecule has 2 aromatic heterocycles. The van der Waals surface area contributed by atoms with Crippen molar-refractivity contribution in [3.63, 3.8) is 0 Å². The van der Waals surface area contributed by atoms with Gasteiger partial charge in [0.1, 0.15) is 11.6 Å². The smallest absolute Gasteiger partial charge is 0.163 e. The van der Waals surface area contributed by atoms with Crippen LogP contribution in [-0.2, 0) is 4.74 Å². The number of aromatic nitrogens is 4. The van der Waals surface area contributed by atoms with E-state index < -0.39 is 0 Å². The molecule has 1 aromatic carbocycles. The van der Waals surface area contributed by atoms with Crippen molar-refractivity contribution in [2.24, 2.45) is 0 Å². The number of nitrogens with one attached hydrogen (secondary N) is 3. The first-order valence-corrected chi connectivity index (χ1v) is 9.79. The van der Waals surface area contributed by atoms with Crippen LogP contribution in [0.2, 0.25) is 10.0 Å². The number of aryl methyl sites for hydroxylation is 1. The van der Waals surface area contributed by atoms with Crippen LogP contribution in [0.15, 0.2) is 30.3 Å². The Kier molecular flexibility index (Phi) is 5.66. The summed E-state index contributed by atoms with van der Waals surface area (Å²) >= 11 is 12.3. The highest BCUT2D eigenvalue weighted by atomic mass is 35.5. The average molecular weight is 419 g/mol. The number of rotatable bonds is 5. The fourth-order valence-corrected chi connectivity index (χ4v) is 3.59. The van der Waals surface area contributed by atoms with Gasteiger partial charge in [-0.25, -0.2) is 9.97 Å². The minimum Gasteiger partial charge on any atom is -0.381 e. The van der Waals surface area contributed by atoms with Crippen molar-refractivity contribution in [2.75, 3.05) is 23.8 Å². The summed E-state index contributed by atoms with van der Waals surface area (Å²) in [6, 6.07) is 9.36. The molecule has 9 heteroatoms. The SMILES string of the molecule is Cc1cc(Nc2cc(NC3CCOCC3)nc(-c3cc(Cl)cc(Cl)c3)n2)n[nH]1. The second-order valence-electron chi connectivity index (χ2n) is 6.71. The lowest BCUT2D eigenvalue weighted by molar-refractivity contribution is 0.0904. The maximum atomic E-state index is 6.17. The molecule has 146 valence electrons. The van der Waals surface area contributed by atoms with Crippen LogP contribution >= 0.6 is 23.2 Å². The monoisotopic (exact) mass is 418 g/mol. The molecule has 0 radical (unpaired) electrons. The molecule has 1 fully saturated rings. The Hall–Kier alpha value is -2.35. The van der Waals surface area contributed by atoms with Crippen LogP contribution in [0.5, 0.6) is 0 Å². The van der Waals surface area contributed by atoms with Gasteiger partial charge in [0.15, 0.2) is 11.6 Å². The minimum atomic E-state index is 0.305. The van der Waals surface area contributed by atoms with Gasteiger partial charge in [-0.1, -0.05) is 23.2 Å². The van der Waals surface area contributed by atoms with Crippen molar-refractivity contribution in [3.8, 4) is 11.4 Å². The molecule has 0 saturated carbocycles. The van der Waals surface area contributed by atoms with Crippen LogP contribution < -0.4 is 10.6 Å². The zero-order valence-corrected chi connectivity index (χ0v) is 16.8. The van der Waals surface area contributed by atoms with Crippen molar-refractivity contribution in [1.82, 2.24) is 20.2 Å². The van der Waals surface area contributed by atoms with E-state index in [1.165, 1.54) is 0 Å². The molecule has 0 aliphatic carbocycles. The molecular weight excluding hydrogens is 399 g/mol. The van der Waals surface area contributed by atoms with Gasteiger partial charge in [0.05, 0.1) is 0 Å². The Labute approximate surface area is 172 Å². The number of hydrogen-bond acceptors (Lipinski definition) is 6. The summed E-state index contributed by atoms with van der Waals surface area (Å²) in [6.45, 7) is 3.43. The van der Waals surface area contributed by atoms with Crippen molar-refractivity contribution in [3.05, 3.63) is 46.1 Å². The zero-order chi connectivity index (χ0) is 19.5. The molecule has 7 nitrogen and oxygen atoms in total. The van der Waals surface area contributed by atoms with Crippen LogP contribution in [-0.4, -0.2) is 39.4 Å². The fourth-order valence-electron chi connectivity index (χ4n) is 3.06. The Balaban J connectivity index is 1.68. The van der Waals surface area contributed by atoms with Crippen molar-refractivity contribution in [2.45, 2.75) is 25.8 Å². The van der Waals surface area contributed by atoms with Crippen molar-refractivity contribution < 1.29 is 4.74 Å². The topological polar surface area (TPSA) is 87.8 Å². The molecule has 3 heterocycles. The summed E-state index contributed by atoms with van der Waals surface area (Å²) in [6.07, 6.45) is 1.87. The molecule has 0 bridgehead atoms. The number of ether oxygens (including phenoxy) is 1. The molecule has 3 N–H and O–H groups in total. The first-order valence-electron chi connectivity index (χ1n) is 9.04. The molecule has 3 aromatic rings. The van der Waals surface area contributed by atoms with E-state index in [2.05, 4.69) is 30.8 Å². The van der Waals surface area contributed by atoms with Crippen LogP contribution in [0.1, 0.15) is 18.5 Å². The van der Waals surface area contributed by atoms with Gasteiger partial charge in [0, 0.05) is 52.7 Å². The maximum absolute atomic E-state index is 6.17. The third kappa shape index (κ3) is 4.73. The predicted octanol–water partition coefficient (Wildman–Crippen LogP) is 4.82. The molecule has 1 saturated heterocycles. The maximum Gasteiger partial charge on any atom is 0.163 e. The number of nitrogens with zero attached hydrogens (tertiary/aromatic N) is 3. The molecule has 28 heavy (non-hydrogen) atoms. The highest BCUT2D eigenvalue weighted by Crippen LogP contribution is 2.28. The van der Waals surface area contributed by atoms with E-state index in [1.54, 1.807) is 18.2 Å². The van der Waals surface area contributed by atoms with Crippen molar-refractivity contribution >= 4 is 40.7 Å². The fraction of sp³-hybridized carbons (Fsp3) is 0.316. The lowest BCUT2D eigenvalue weighted by atomic mass is 10.1. The number of anilines is 3. The van der Waals surface area contributed by atoms with Gasteiger partial charge in [-0.15, -0.1) is 0 Å². The van der Waals surface area contributed by atoms with Crippen LogP contribution in [0.25, 0.3) is 11.4 Å².